The summed E-state index contributed by atoms with van der Waals surface area (Å²) in [5.74, 6) is -1.36. The molecule has 1 fully saturated rings. The Labute approximate surface area is 85.7 Å². The molecule has 1 aliphatic rings. The van der Waals surface area contributed by atoms with Crippen molar-refractivity contribution in [2.75, 3.05) is 6.54 Å². The van der Waals surface area contributed by atoms with Gasteiger partial charge in [-0.05, 0) is 12.5 Å². The Hall–Kier alpha value is -1.78. The number of halogens is 1. The van der Waals surface area contributed by atoms with Crippen LogP contribution in [0.25, 0.3) is 0 Å². The highest BCUT2D eigenvalue weighted by Crippen LogP contribution is 2.14. The summed E-state index contributed by atoms with van der Waals surface area (Å²) in [7, 11) is 0. The number of carbonyl (C=O) groups excluding carboxylic acids is 2. The van der Waals surface area contributed by atoms with Crippen LogP contribution in [0.1, 0.15) is 23.2 Å². The van der Waals surface area contributed by atoms with Gasteiger partial charge in [0.25, 0.3) is 5.91 Å². The molecule has 2 amide bonds. The van der Waals surface area contributed by atoms with Crippen LogP contribution in [0.15, 0.2) is 18.3 Å². The van der Waals surface area contributed by atoms with Crippen LogP contribution in [-0.2, 0) is 4.79 Å². The second-order valence-electron chi connectivity index (χ2n) is 3.32. The molecule has 1 aromatic heterocycles. The molecule has 1 aromatic rings. The summed E-state index contributed by atoms with van der Waals surface area (Å²) in [6.45, 7) is 0.418. The van der Waals surface area contributed by atoms with Gasteiger partial charge in [0.1, 0.15) is 0 Å². The van der Waals surface area contributed by atoms with E-state index in [1.807, 2.05) is 0 Å². The van der Waals surface area contributed by atoms with E-state index in [9.17, 15) is 14.0 Å². The molecule has 1 saturated heterocycles. The van der Waals surface area contributed by atoms with Gasteiger partial charge < -0.3 is 0 Å². The molecule has 0 atom stereocenters. The molecule has 0 bridgehead atoms. The smallest absolute Gasteiger partial charge is 0.260 e. The molecule has 2 rings (SSSR count). The highest BCUT2D eigenvalue weighted by molar-refractivity contribution is 6.05. The maximum atomic E-state index is 12.7. The second-order valence-corrected chi connectivity index (χ2v) is 3.32. The number of imide groups is 1. The first kappa shape index (κ1) is 9.76. The fourth-order valence-corrected chi connectivity index (χ4v) is 1.55. The largest absolute Gasteiger partial charge is 0.278 e. The third kappa shape index (κ3) is 1.86. The number of likely N-dealkylation sites (tertiary alicyclic amines) is 1. The first-order chi connectivity index (χ1) is 7.18. The number of hydrogen-bond donors (Lipinski definition) is 0. The molecular formula is C10H9FN2O2. The molecule has 1 aliphatic heterocycles. The van der Waals surface area contributed by atoms with Crippen LogP contribution in [-0.4, -0.2) is 28.2 Å². The summed E-state index contributed by atoms with van der Waals surface area (Å²) >= 11 is 0. The summed E-state index contributed by atoms with van der Waals surface area (Å²) in [6.07, 6.45) is 2.28. The molecule has 0 aromatic carbocycles. The maximum absolute atomic E-state index is 12.7. The summed E-state index contributed by atoms with van der Waals surface area (Å²) in [5.41, 5.74) is 0.165. The van der Waals surface area contributed by atoms with Crippen LogP contribution < -0.4 is 0 Å². The van der Waals surface area contributed by atoms with Crippen molar-refractivity contribution in [3.8, 4) is 0 Å². The van der Waals surface area contributed by atoms with E-state index in [0.717, 1.165) is 11.0 Å². The van der Waals surface area contributed by atoms with Gasteiger partial charge in [-0.2, -0.15) is 4.39 Å². The van der Waals surface area contributed by atoms with Gasteiger partial charge in [-0.1, -0.05) is 0 Å². The zero-order valence-electron chi connectivity index (χ0n) is 7.94. The Balaban J connectivity index is 2.24. The zero-order chi connectivity index (χ0) is 10.8. The fourth-order valence-electron chi connectivity index (χ4n) is 1.55. The number of amides is 2. The van der Waals surface area contributed by atoms with E-state index in [4.69, 9.17) is 0 Å². The van der Waals surface area contributed by atoms with Crippen molar-refractivity contribution in [3.05, 3.63) is 29.8 Å². The minimum Gasteiger partial charge on any atom is -0.278 e. The van der Waals surface area contributed by atoms with Gasteiger partial charge in [-0.3, -0.25) is 14.5 Å². The Kier molecular flexibility index (Phi) is 2.45. The van der Waals surface area contributed by atoms with Crippen molar-refractivity contribution in [3.63, 3.8) is 0 Å². The van der Waals surface area contributed by atoms with Crippen LogP contribution in [0.3, 0.4) is 0 Å². The molecule has 0 aliphatic carbocycles. The fraction of sp³-hybridized carbons (Fsp3) is 0.300. The Morgan fingerprint density at radius 2 is 2.33 bits per heavy atom. The normalized spacial score (nSPS) is 15.8. The van der Waals surface area contributed by atoms with Crippen molar-refractivity contribution in [1.29, 1.82) is 0 Å². The van der Waals surface area contributed by atoms with E-state index in [0.29, 0.717) is 19.4 Å². The lowest BCUT2D eigenvalue weighted by Crippen LogP contribution is -2.31. The van der Waals surface area contributed by atoms with Crippen LogP contribution in [0, 0.1) is 5.95 Å². The minimum absolute atomic E-state index is 0.165. The molecule has 15 heavy (non-hydrogen) atoms. The predicted molar refractivity (Wildman–Crippen MR) is 49.5 cm³/mol. The maximum Gasteiger partial charge on any atom is 0.260 e. The van der Waals surface area contributed by atoms with E-state index in [2.05, 4.69) is 4.98 Å². The monoisotopic (exact) mass is 208 g/mol. The van der Waals surface area contributed by atoms with E-state index in [1.54, 1.807) is 0 Å². The highest BCUT2D eigenvalue weighted by atomic mass is 19.1. The molecule has 2 heterocycles. The number of carbonyl (C=O) groups is 2. The van der Waals surface area contributed by atoms with Gasteiger partial charge in [0.15, 0.2) is 0 Å². The lowest BCUT2D eigenvalue weighted by atomic mass is 10.2. The number of rotatable bonds is 1. The van der Waals surface area contributed by atoms with Crippen molar-refractivity contribution in [1.82, 2.24) is 9.88 Å². The van der Waals surface area contributed by atoms with Crippen molar-refractivity contribution >= 4 is 11.8 Å². The van der Waals surface area contributed by atoms with Gasteiger partial charge in [0, 0.05) is 30.8 Å². The van der Waals surface area contributed by atoms with Crippen LogP contribution in [0.5, 0.6) is 0 Å². The third-order valence-corrected chi connectivity index (χ3v) is 2.29. The summed E-state index contributed by atoms with van der Waals surface area (Å²) in [6, 6.07) is 2.44. The second kappa shape index (κ2) is 3.76. The van der Waals surface area contributed by atoms with Crippen molar-refractivity contribution < 1.29 is 14.0 Å². The molecule has 0 saturated carbocycles. The predicted octanol–water partition coefficient (Wildman–Crippen LogP) is 0.983. The van der Waals surface area contributed by atoms with Crippen LogP contribution >= 0.6 is 0 Å². The van der Waals surface area contributed by atoms with Gasteiger partial charge in [0.05, 0.1) is 0 Å². The molecule has 5 heteroatoms. The van der Waals surface area contributed by atoms with Crippen LogP contribution in [0.4, 0.5) is 4.39 Å². The quantitative estimate of drug-likeness (QED) is 0.510. The van der Waals surface area contributed by atoms with Gasteiger partial charge in [0.2, 0.25) is 11.9 Å². The summed E-state index contributed by atoms with van der Waals surface area (Å²) in [4.78, 5) is 27.5. The minimum atomic E-state index is -0.715. The Bertz CT molecular complexity index is 420. The number of hydrogen-bond acceptors (Lipinski definition) is 3. The molecule has 0 N–H and O–H groups in total. The first-order valence-electron chi connectivity index (χ1n) is 4.65. The molecule has 0 unspecified atom stereocenters. The zero-order valence-corrected chi connectivity index (χ0v) is 7.94. The SMILES string of the molecule is O=C1CCCN1C(=O)c1ccnc(F)c1. The molecule has 0 spiro atoms. The summed E-state index contributed by atoms with van der Waals surface area (Å²) in [5, 5.41) is 0. The van der Waals surface area contributed by atoms with E-state index in [1.165, 1.54) is 12.3 Å². The molecule has 0 radical (unpaired) electrons. The van der Waals surface area contributed by atoms with Gasteiger partial charge in [-0.15, -0.1) is 0 Å². The van der Waals surface area contributed by atoms with Gasteiger partial charge in [-0.25, -0.2) is 4.98 Å². The summed E-state index contributed by atoms with van der Waals surface area (Å²) < 4.78 is 12.7. The lowest BCUT2D eigenvalue weighted by molar-refractivity contribution is -0.125. The molecule has 78 valence electrons. The molecular weight excluding hydrogens is 199 g/mol. The average molecular weight is 208 g/mol. The number of nitrogens with zero attached hydrogens (tertiary/aromatic N) is 2. The number of aromatic nitrogens is 1. The number of pyridine rings is 1. The van der Waals surface area contributed by atoms with E-state index < -0.39 is 11.9 Å². The van der Waals surface area contributed by atoms with E-state index >= 15 is 0 Å². The van der Waals surface area contributed by atoms with Crippen LogP contribution in [0.2, 0.25) is 0 Å². The Morgan fingerprint density at radius 3 is 2.93 bits per heavy atom. The topological polar surface area (TPSA) is 50.3 Å². The first-order valence-corrected chi connectivity index (χ1v) is 4.65. The van der Waals surface area contributed by atoms with Crippen molar-refractivity contribution in [2.24, 2.45) is 0 Å². The Morgan fingerprint density at radius 1 is 1.53 bits per heavy atom. The lowest BCUT2D eigenvalue weighted by Gasteiger charge is -2.12. The van der Waals surface area contributed by atoms with E-state index in [-0.39, 0.29) is 11.5 Å². The average Bonchev–Trinajstić information content (AvgIpc) is 2.63. The standard InChI is InChI=1S/C10H9FN2O2/c11-8-6-7(3-4-12-8)10(15)13-5-1-2-9(13)14/h3-4,6H,1-2,5H2. The third-order valence-electron chi connectivity index (χ3n) is 2.29. The van der Waals surface area contributed by atoms with Crippen molar-refractivity contribution in [2.45, 2.75) is 12.8 Å². The highest BCUT2D eigenvalue weighted by Gasteiger charge is 2.27. The van der Waals surface area contributed by atoms with Gasteiger partial charge >= 0.3 is 0 Å². The molecule has 4 nitrogen and oxygen atoms in total.